The second-order valence-electron chi connectivity index (χ2n) is 11.8. The summed E-state index contributed by atoms with van der Waals surface area (Å²) in [4.78, 5) is 11.5. The van der Waals surface area contributed by atoms with Crippen molar-refractivity contribution in [2.24, 2.45) is 40.9 Å². The highest BCUT2D eigenvalue weighted by Gasteiger charge is 2.57. The molecule has 2 nitrogen and oxygen atoms in total. The van der Waals surface area contributed by atoms with Crippen LogP contribution in [-0.2, 0) is 0 Å². The first-order valence-electron chi connectivity index (χ1n) is 13.2. The zero-order chi connectivity index (χ0) is 22.5. The molecule has 0 saturated heterocycles. The van der Waals surface area contributed by atoms with Gasteiger partial charge in [0.15, 0.2) is 5.78 Å². The average molecular weight is 433 g/mol. The van der Waals surface area contributed by atoms with E-state index in [1.165, 1.54) is 44.9 Å². The molecule has 1 N–H and O–H groups in total. The van der Waals surface area contributed by atoms with Gasteiger partial charge in [-0.15, -0.1) is 0 Å². The summed E-state index contributed by atoms with van der Waals surface area (Å²) in [6, 6.07) is 7.46. The van der Waals surface area contributed by atoms with E-state index >= 15 is 0 Å². The lowest BCUT2D eigenvalue weighted by Gasteiger charge is -2.56. The molecule has 8 atom stereocenters. The summed E-state index contributed by atoms with van der Waals surface area (Å²) in [6.07, 6.45) is 12.6. The molecule has 0 aliphatic heterocycles. The van der Waals surface area contributed by atoms with Gasteiger partial charge in [-0.1, -0.05) is 44.2 Å². The van der Waals surface area contributed by atoms with Crippen LogP contribution < -0.4 is 0 Å². The SMILES string of the molecule is CC[C@H]1CC[C@H]2[C@@H]3CC[C@H]4C[C@@](O)(C#Cc5ccc(C(C)=O)cc5)CC[C@@H]4[C@H]3CC[C@]12C. The van der Waals surface area contributed by atoms with E-state index < -0.39 is 5.60 Å². The molecular weight excluding hydrogens is 392 g/mol. The van der Waals surface area contributed by atoms with Crippen LogP contribution in [0.15, 0.2) is 24.3 Å². The number of hydrogen-bond acceptors (Lipinski definition) is 2. The zero-order valence-electron chi connectivity index (χ0n) is 20.2. The van der Waals surface area contributed by atoms with Crippen molar-refractivity contribution in [3.05, 3.63) is 35.4 Å². The van der Waals surface area contributed by atoms with Crippen LogP contribution in [0, 0.1) is 52.8 Å². The second kappa shape index (κ2) is 8.32. The molecule has 1 aromatic carbocycles. The number of hydrogen-bond donors (Lipinski definition) is 1. The minimum atomic E-state index is -0.850. The fourth-order valence-electron chi connectivity index (χ4n) is 8.75. The Morgan fingerprint density at radius 3 is 2.47 bits per heavy atom. The lowest BCUT2D eigenvalue weighted by molar-refractivity contribution is -0.0897. The van der Waals surface area contributed by atoms with Crippen molar-refractivity contribution in [2.45, 2.75) is 90.6 Å². The molecule has 0 spiro atoms. The molecule has 0 aromatic heterocycles. The number of fused-ring (bicyclic) bond motifs is 5. The number of rotatable bonds is 2. The van der Waals surface area contributed by atoms with Crippen molar-refractivity contribution in [3.8, 4) is 11.8 Å². The first-order valence-corrected chi connectivity index (χ1v) is 13.2. The highest BCUT2D eigenvalue weighted by molar-refractivity contribution is 5.94. The normalized spacial score (nSPS) is 42.8. The molecule has 4 saturated carbocycles. The van der Waals surface area contributed by atoms with E-state index in [0.717, 1.165) is 54.4 Å². The predicted octanol–water partition coefficient (Wildman–Crippen LogP) is 6.65. The van der Waals surface area contributed by atoms with Gasteiger partial charge in [-0.2, -0.15) is 0 Å². The Kier molecular flexibility index (Phi) is 5.78. The highest BCUT2D eigenvalue weighted by atomic mass is 16.3. The Balaban J connectivity index is 1.27. The summed E-state index contributed by atoms with van der Waals surface area (Å²) in [7, 11) is 0. The van der Waals surface area contributed by atoms with Crippen LogP contribution in [0.5, 0.6) is 0 Å². The number of benzene rings is 1. The van der Waals surface area contributed by atoms with Gasteiger partial charge in [0.1, 0.15) is 5.60 Å². The number of aliphatic hydroxyl groups is 1. The topological polar surface area (TPSA) is 37.3 Å². The summed E-state index contributed by atoms with van der Waals surface area (Å²) >= 11 is 0. The van der Waals surface area contributed by atoms with Gasteiger partial charge >= 0.3 is 0 Å². The summed E-state index contributed by atoms with van der Waals surface area (Å²) in [5.41, 5.74) is 1.34. The van der Waals surface area contributed by atoms with E-state index in [4.69, 9.17) is 0 Å². The number of Topliss-reactive ketones (excluding diaryl/α,β-unsaturated/α-hetero) is 1. The van der Waals surface area contributed by atoms with Crippen molar-refractivity contribution in [1.29, 1.82) is 0 Å². The van der Waals surface area contributed by atoms with Gasteiger partial charge < -0.3 is 5.11 Å². The van der Waals surface area contributed by atoms with Gasteiger partial charge in [0.2, 0.25) is 0 Å². The van der Waals surface area contributed by atoms with Crippen LogP contribution in [0.1, 0.15) is 101 Å². The molecule has 0 heterocycles. The third-order valence-electron chi connectivity index (χ3n) is 10.4. The van der Waals surface area contributed by atoms with Crippen molar-refractivity contribution < 1.29 is 9.90 Å². The Bertz CT molecular complexity index is 920. The summed E-state index contributed by atoms with van der Waals surface area (Å²) in [5, 5.41) is 11.3. The van der Waals surface area contributed by atoms with Gasteiger partial charge in [0, 0.05) is 11.1 Å². The van der Waals surface area contributed by atoms with Crippen LogP contribution >= 0.6 is 0 Å². The Hall–Kier alpha value is -1.59. The maximum absolute atomic E-state index is 11.5. The minimum absolute atomic E-state index is 0.0721. The van der Waals surface area contributed by atoms with Crippen LogP contribution in [0.25, 0.3) is 0 Å². The lowest BCUT2D eigenvalue weighted by Crippen LogP contribution is -2.50. The third-order valence-corrected chi connectivity index (χ3v) is 10.4. The van der Waals surface area contributed by atoms with E-state index in [1.807, 2.05) is 24.3 Å². The van der Waals surface area contributed by atoms with E-state index in [9.17, 15) is 9.90 Å². The molecular formula is C30H40O2. The van der Waals surface area contributed by atoms with E-state index in [2.05, 4.69) is 25.7 Å². The molecule has 1 aromatic rings. The Morgan fingerprint density at radius 1 is 1.00 bits per heavy atom. The van der Waals surface area contributed by atoms with Crippen molar-refractivity contribution in [1.82, 2.24) is 0 Å². The fraction of sp³-hybridized carbons (Fsp3) is 0.700. The van der Waals surface area contributed by atoms with Gasteiger partial charge in [-0.25, -0.2) is 0 Å². The predicted molar refractivity (Wildman–Crippen MR) is 129 cm³/mol. The molecule has 5 rings (SSSR count). The standard InChI is InChI=1S/C30H40O2/c1-4-24-10-12-28-27-11-9-23-19-30(32,17-13-21-5-7-22(8-6-21)20(2)31)18-15-25(23)26(27)14-16-29(24,28)3/h5-8,23-28,32H,4,9-12,14-16,18-19H2,1-3H3/t23-,24-,25-,26+,27+,28-,29+,30+/m0/s1. The average Bonchev–Trinajstić information content (AvgIpc) is 3.14. The van der Waals surface area contributed by atoms with Gasteiger partial charge in [-0.3, -0.25) is 4.79 Å². The van der Waals surface area contributed by atoms with E-state index in [0.29, 0.717) is 16.9 Å². The van der Waals surface area contributed by atoms with Gasteiger partial charge in [0.05, 0.1) is 0 Å². The molecule has 4 aliphatic carbocycles. The van der Waals surface area contributed by atoms with Crippen LogP contribution in [0.3, 0.4) is 0 Å². The van der Waals surface area contributed by atoms with Crippen LogP contribution in [0.2, 0.25) is 0 Å². The van der Waals surface area contributed by atoms with Crippen LogP contribution in [-0.4, -0.2) is 16.5 Å². The third kappa shape index (κ3) is 3.75. The molecule has 0 radical (unpaired) electrons. The largest absolute Gasteiger partial charge is 0.378 e. The fourth-order valence-corrected chi connectivity index (χ4v) is 8.75. The molecule has 0 unspecified atom stereocenters. The first-order chi connectivity index (χ1) is 15.3. The lowest BCUT2D eigenvalue weighted by atomic mass is 9.49. The van der Waals surface area contributed by atoms with Gasteiger partial charge in [-0.05, 0) is 118 Å². The van der Waals surface area contributed by atoms with Crippen LogP contribution in [0.4, 0.5) is 0 Å². The second-order valence-corrected chi connectivity index (χ2v) is 11.8. The molecule has 4 aliphatic rings. The van der Waals surface area contributed by atoms with Crippen molar-refractivity contribution >= 4 is 5.78 Å². The molecule has 0 bridgehead atoms. The van der Waals surface area contributed by atoms with Crippen molar-refractivity contribution in [2.75, 3.05) is 0 Å². The number of carbonyl (C=O) groups excluding carboxylic acids is 1. The molecule has 0 amide bonds. The minimum Gasteiger partial charge on any atom is -0.378 e. The zero-order valence-corrected chi connectivity index (χ0v) is 20.2. The van der Waals surface area contributed by atoms with Crippen molar-refractivity contribution in [3.63, 3.8) is 0 Å². The summed E-state index contributed by atoms with van der Waals surface area (Å²) in [5.74, 6) is 11.7. The monoisotopic (exact) mass is 432 g/mol. The number of ketones is 1. The summed E-state index contributed by atoms with van der Waals surface area (Å²) < 4.78 is 0. The van der Waals surface area contributed by atoms with Gasteiger partial charge in [0.25, 0.3) is 0 Å². The first kappa shape index (κ1) is 22.2. The quantitative estimate of drug-likeness (QED) is 0.419. The smallest absolute Gasteiger partial charge is 0.159 e. The Labute approximate surface area is 194 Å². The highest BCUT2D eigenvalue weighted by Crippen LogP contribution is 2.65. The maximum atomic E-state index is 11.5. The molecule has 32 heavy (non-hydrogen) atoms. The maximum Gasteiger partial charge on any atom is 0.159 e. The Morgan fingerprint density at radius 2 is 1.75 bits per heavy atom. The molecule has 2 heteroatoms. The number of carbonyl (C=O) groups is 1. The molecule has 4 fully saturated rings. The molecule has 172 valence electrons. The van der Waals surface area contributed by atoms with E-state index in [-0.39, 0.29) is 5.78 Å². The summed E-state index contributed by atoms with van der Waals surface area (Å²) in [6.45, 7) is 6.61. The van der Waals surface area contributed by atoms with E-state index in [1.54, 1.807) is 6.92 Å².